The van der Waals surface area contributed by atoms with Gasteiger partial charge in [-0.1, -0.05) is 11.6 Å². The zero-order valence-corrected chi connectivity index (χ0v) is 8.12. The second-order valence-electron chi connectivity index (χ2n) is 2.75. The van der Waals surface area contributed by atoms with Crippen molar-refractivity contribution in [2.45, 2.75) is 13.1 Å². The first-order valence-electron chi connectivity index (χ1n) is 3.68. The smallest absolute Gasteiger partial charge is 0.316 e. The maximum Gasteiger partial charge on any atom is 0.432 e. The lowest BCUT2D eigenvalue weighted by Gasteiger charge is -2.10. The SMILES string of the molecule is Cc1c(Cl)c(C(F)(F)F)[nH]c(=O)c1C#N. The zero-order valence-electron chi connectivity index (χ0n) is 7.37. The minimum Gasteiger partial charge on any atom is -0.316 e. The van der Waals surface area contributed by atoms with Crippen molar-refractivity contribution in [2.24, 2.45) is 0 Å². The van der Waals surface area contributed by atoms with E-state index < -0.39 is 28.0 Å². The molecule has 0 saturated carbocycles. The van der Waals surface area contributed by atoms with Crippen molar-refractivity contribution < 1.29 is 13.2 Å². The molecule has 1 aromatic rings. The third-order valence-corrected chi connectivity index (χ3v) is 2.26. The van der Waals surface area contributed by atoms with E-state index in [1.54, 1.807) is 4.98 Å². The predicted octanol–water partition coefficient (Wildman–Crippen LogP) is 2.23. The molecule has 1 heterocycles. The van der Waals surface area contributed by atoms with E-state index in [0.717, 1.165) is 0 Å². The summed E-state index contributed by atoms with van der Waals surface area (Å²) in [6.07, 6.45) is -4.74. The molecule has 0 spiro atoms. The Balaban J connectivity index is 3.65. The molecule has 0 atom stereocenters. The van der Waals surface area contributed by atoms with Crippen LogP contribution < -0.4 is 5.56 Å². The van der Waals surface area contributed by atoms with Crippen LogP contribution >= 0.6 is 11.6 Å². The summed E-state index contributed by atoms with van der Waals surface area (Å²) < 4.78 is 36.9. The van der Waals surface area contributed by atoms with Gasteiger partial charge in [-0.05, 0) is 12.5 Å². The third-order valence-electron chi connectivity index (χ3n) is 1.78. The first-order valence-corrected chi connectivity index (χ1v) is 4.06. The van der Waals surface area contributed by atoms with E-state index in [4.69, 9.17) is 16.9 Å². The number of aromatic amines is 1. The number of nitrogens with one attached hydrogen (secondary N) is 1. The summed E-state index contributed by atoms with van der Waals surface area (Å²) in [7, 11) is 0. The van der Waals surface area contributed by atoms with Crippen LogP contribution in [0, 0.1) is 18.3 Å². The minimum absolute atomic E-state index is 0.171. The van der Waals surface area contributed by atoms with Crippen LogP contribution in [0.4, 0.5) is 13.2 Å². The van der Waals surface area contributed by atoms with Crippen molar-refractivity contribution in [3.63, 3.8) is 0 Å². The molecule has 1 aromatic heterocycles. The van der Waals surface area contributed by atoms with E-state index >= 15 is 0 Å². The van der Waals surface area contributed by atoms with Gasteiger partial charge in [0.15, 0.2) is 0 Å². The molecule has 0 amide bonds. The van der Waals surface area contributed by atoms with Gasteiger partial charge in [0.05, 0.1) is 5.02 Å². The Labute approximate surface area is 87.1 Å². The minimum atomic E-state index is -4.74. The Kier molecular flexibility index (Phi) is 2.77. The number of rotatable bonds is 0. The van der Waals surface area contributed by atoms with E-state index in [2.05, 4.69) is 0 Å². The van der Waals surface area contributed by atoms with Crippen molar-refractivity contribution in [1.29, 1.82) is 5.26 Å². The van der Waals surface area contributed by atoms with Crippen LogP contribution in [0.2, 0.25) is 5.02 Å². The third kappa shape index (κ3) is 1.97. The molecule has 0 bridgehead atoms. The number of nitriles is 1. The lowest BCUT2D eigenvalue weighted by atomic mass is 10.1. The molecular weight excluding hydrogens is 233 g/mol. The van der Waals surface area contributed by atoms with Gasteiger partial charge in [0.2, 0.25) is 0 Å². The predicted molar refractivity (Wildman–Crippen MR) is 46.5 cm³/mol. The number of halogens is 4. The summed E-state index contributed by atoms with van der Waals surface area (Å²) in [5, 5.41) is 7.85. The number of aromatic nitrogens is 1. The van der Waals surface area contributed by atoms with Crippen molar-refractivity contribution >= 4 is 11.6 Å². The van der Waals surface area contributed by atoms with Crippen LogP contribution in [0.25, 0.3) is 0 Å². The highest BCUT2D eigenvalue weighted by Crippen LogP contribution is 2.34. The molecule has 0 saturated heterocycles. The van der Waals surface area contributed by atoms with Crippen molar-refractivity contribution in [3.8, 4) is 6.07 Å². The molecule has 0 aliphatic rings. The fourth-order valence-electron chi connectivity index (χ4n) is 1.03. The average Bonchev–Trinajstić information content (AvgIpc) is 2.10. The topological polar surface area (TPSA) is 56.6 Å². The molecule has 0 aliphatic heterocycles. The van der Waals surface area contributed by atoms with E-state index in [1.165, 1.54) is 13.0 Å². The van der Waals surface area contributed by atoms with Gasteiger partial charge < -0.3 is 4.98 Å². The summed E-state index contributed by atoms with van der Waals surface area (Å²) in [4.78, 5) is 12.6. The van der Waals surface area contributed by atoms with Crippen molar-refractivity contribution in [2.75, 3.05) is 0 Å². The van der Waals surface area contributed by atoms with Gasteiger partial charge >= 0.3 is 6.18 Å². The molecule has 3 nitrogen and oxygen atoms in total. The fourth-order valence-corrected chi connectivity index (χ4v) is 1.28. The highest BCUT2D eigenvalue weighted by atomic mass is 35.5. The Morgan fingerprint density at radius 3 is 2.40 bits per heavy atom. The number of pyridine rings is 1. The Morgan fingerprint density at radius 2 is 2.00 bits per heavy atom. The number of H-pyrrole nitrogens is 1. The van der Waals surface area contributed by atoms with Crippen LogP contribution in [0.15, 0.2) is 4.79 Å². The number of nitrogens with zero attached hydrogens (tertiary/aromatic N) is 1. The second-order valence-corrected chi connectivity index (χ2v) is 3.13. The first-order chi connectivity index (χ1) is 6.79. The highest BCUT2D eigenvalue weighted by Gasteiger charge is 2.36. The standard InChI is InChI=1S/C8H4ClF3N2O/c1-3-4(2-13)7(15)14-6(5(3)9)8(10,11)12/h1H3,(H,14,15). The van der Waals surface area contributed by atoms with Gasteiger partial charge in [-0.15, -0.1) is 0 Å². The molecular formula is C8H4ClF3N2O. The summed E-state index contributed by atoms with van der Waals surface area (Å²) in [6, 6.07) is 1.49. The molecule has 0 unspecified atom stereocenters. The van der Waals surface area contributed by atoms with Crippen molar-refractivity contribution in [3.05, 3.63) is 32.2 Å². The summed E-state index contributed by atoms with van der Waals surface area (Å²) in [6.45, 7) is 1.19. The molecule has 0 fully saturated rings. The molecule has 1 N–H and O–H groups in total. The van der Waals surface area contributed by atoms with Crippen LogP contribution in [-0.4, -0.2) is 4.98 Å². The first kappa shape index (κ1) is 11.6. The maximum atomic E-state index is 12.3. The van der Waals surface area contributed by atoms with Gasteiger partial charge in [-0.2, -0.15) is 18.4 Å². The van der Waals surface area contributed by atoms with E-state index in [1.807, 2.05) is 0 Å². The van der Waals surface area contributed by atoms with Crippen LogP contribution in [0.1, 0.15) is 16.8 Å². The summed E-state index contributed by atoms with van der Waals surface area (Å²) in [5.41, 5.74) is -3.00. The van der Waals surface area contributed by atoms with Gasteiger partial charge in [-0.25, -0.2) is 0 Å². The number of hydrogen-bond donors (Lipinski definition) is 1. The fraction of sp³-hybridized carbons (Fsp3) is 0.250. The van der Waals surface area contributed by atoms with Crippen LogP contribution in [0.3, 0.4) is 0 Å². The van der Waals surface area contributed by atoms with Gasteiger partial charge in [-0.3, -0.25) is 4.79 Å². The monoisotopic (exact) mass is 236 g/mol. The zero-order chi connectivity index (χ0) is 11.8. The van der Waals surface area contributed by atoms with Crippen molar-refractivity contribution in [1.82, 2.24) is 4.98 Å². The second kappa shape index (κ2) is 3.59. The van der Waals surface area contributed by atoms with Gasteiger partial charge in [0.1, 0.15) is 17.3 Å². The molecule has 0 aromatic carbocycles. The van der Waals surface area contributed by atoms with Gasteiger partial charge in [0, 0.05) is 0 Å². The highest BCUT2D eigenvalue weighted by molar-refractivity contribution is 6.32. The molecule has 0 radical (unpaired) electrons. The Morgan fingerprint density at radius 1 is 1.47 bits per heavy atom. The maximum absolute atomic E-state index is 12.3. The quantitative estimate of drug-likeness (QED) is 0.751. The molecule has 15 heavy (non-hydrogen) atoms. The van der Waals surface area contributed by atoms with E-state index in [-0.39, 0.29) is 5.56 Å². The number of hydrogen-bond acceptors (Lipinski definition) is 2. The molecule has 0 aliphatic carbocycles. The lowest BCUT2D eigenvalue weighted by Crippen LogP contribution is -2.20. The van der Waals surface area contributed by atoms with E-state index in [0.29, 0.717) is 0 Å². The molecule has 1 rings (SSSR count). The molecule has 7 heteroatoms. The normalized spacial score (nSPS) is 11.2. The lowest BCUT2D eigenvalue weighted by molar-refractivity contribution is -0.141. The largest absolute Gasteiger partial charge is 0.432 e. The van der Waals surface area contributed by atoms with Crippen LogP contribution in [-0.2, 0) is 6.18 Å². The summed E-state index contributed by atoms with van der Waals surface area (Å²) >= 11 is 5.39. The number of alkyl halides is 3. The Bertz CT molecular complexity index is 498. The summed E-state index contributed by atoms with van der Waals surface area (Å²) in [5.74, 6) is 0. The van der Waals surface area contributed by atoms with Gasteiger partial charge in [0.25, 0.3) is 5.56 Å². The molecule has 80 valence electrons. The van der Waals surface area contributed by atoms with Crippen LogP contribution in [0.5, 0.6) is 0 Å². The average molecular weight is 237 g/mol. The Hall–Kier alpha value is -1.48. The van der Waals surface area contributed by atoms with E-state index in [9.17, 15) is 18.0 Å².